The van der Waals surface area contributed by atoms with Gasteiger partial charge in [0.05, 0.1) is 6.10 Å². The number of aryl methyl sites for hydroxylation is 1. The smallest absolute Gasteiger partial charge is 0.231 e. The van der Waals surface area contributed by atoms with Crippen molar-refractivity contribution < 1.29 is 19.3 Å². The molecule has 2 rings (SSSR count). The second-order valence-corrected chi connectivity index (χ2v) is 4.30. The monoisotopic (exact) mass is 250 g/mol. The molecule has 0 unspecified atom stereocenters. The molecule has 1 heterocycles. The highest BCUT2D eigenvalue weighted by Crippen LogP contribution is 2.37. The number of hydrogen-bond acceptors (Lipinski definition) is 4. The van der Waals surface area contributed by atoms with Gasteiger partial charge in [-0.15, -0.1) is 6.58 Å². The lowest BCUT2D eigenvalue weighted by Crippen LogP contribution is -2.17. The first-order chi connectivity index (χ1) is 8.70. The summed E-state index contributed by atoms with van der Waals surface area (Å²) in [7, 11) is 0. The first-order valence-electron chi connectivity index (χ1n) is 6.02. The van der Waals surface area contributed by atoms with Crippen molar-refractivity contribution >= 4 is 0 Å². The average molecular weight is 250 g/mol. The Bertz CT molecular complexity index is 428. The molecule has 0 aromatic heterocycles. The minimum Gasteiger partial charge on any atom is -0.490 e. The molecule has 1 N–H and O–H groups in total. The largest absolute Gasteiger partial charge is 0.490 e. The first kappa shape index (κ1) is 12.8. The maximum absolute atomic E-state index is 9.70. The first-order valence-corrected chi connectivity index (χ1v) is 6.02. The Kier molecular flexibility index (Phi) is 4.10. The number of aliphatic hydroxyl groups excluding tert-OH is 1. The van der Waals surface area contributed by atoms with Gasteiger partial charge in [0.2, 0.25) is 6.79 Å². The minimum atomic E-state index is -0.479. The van der Waals surface area contributed by atoms with Crippen LogP contribution in [0.15, 0.2) is 24.8 Å². The molecule has 1 aromatic rings. The molecule has 98 valence electrons. The van der Waals surface area contributed by atoms with E-state index in [2.05, 4.69) is 6.58 Å². The fourth-order valence-corrected chi connectivity index (χ4v) is 1.76. The van der Waals surface area contributed by atoms with Crippen molar-refractivity contribution in [2.24, 2.45) is 0 Å². The van der Waals surface area contributed by atoms with Crippen LogP contribution in [0.5, 0.6) is 17.2 Å². The fourth-order valence-electron chi connectivity index (χ4n) is 1.76. The van der Waals surface area contributed by atoms with E-state index in [0.717, 1.165) is 23.5 Å². The molecular formula is C14H18O4. The normalized spacial score (nSPS) is 14.3. The van der Waals surface area contributed by atoms with Gasteiger partial charge in [-0.05, 0) is 31.4 Å². The lowest BCUT2D eigenvalue weighted by Gasteiger charge is -2.13. The molecule has 1 aliphatic rings. The van der Waals surface area contributed by atoms with Crippen molar-refractivity contribution in [3.05, 3.63) is 30.4 Å². The predicted molar refractivity (Wildman–Crippen MR) is 68.2 cm³/mol. The summed E-state index contributed by atoms with van der Waals surface area (Å²) < 4.78 is 16.2. The van der Waals surface area contributed by atoms with Crippen molar-refractivity contribution in [2.75, 3.05) is 13.4 Å². The summed E-state index contributed by atoms with van der Waals surface area (Å²) in [5, 5.41) is 9.70. The molecule has 0 saturated carbocycles. The molecule has 0 spiro atoms. The van der Waals surface area contributed by atoms with Gasteiger partial charge in [-0.3, -0.25) is 0 Å². The van der Waals surface area contributed by atoms with Crippen LogP contribution in [0.1, 0.15) is 18.4 Å². The molecule has 1 atom stereocenters. The van der Waals surface area contributed by atoms with Gasteiger partial charge in [-0.2, -0.15) is 0 Å². The van der Waals surface area contributed by atoms with Crippen molar-refractivity contribution in [1.82, 2.24) is 0 Å². The number of fused-ring (bicyclic) bond motifs is 1. The number of benzene rings is 1. The zero-order valence-corrected chi connectivity index (χ0v) is 10.5. The quantitative estimate of drug-likeness (QED) is 0.788. The van der Waals surface area contributed by atoms with Crippen LogP contribution in [0.2, 0.25) is 0 Å². The van der Waals surface area contributed by atoms with Gasteiger partial charge in [-0.25, -0.2) is 0 Å². The SMILES string of the molecule is C=CCC[C@@H](O)COc1cc2c(cc1C)OCO2. The maximum Gasteiger partial charge on any atom is 0.231 e. The van der Waals surface area contributed by atoms with E-state index in [-0.39, 0.29) is 13.4 Å². The summed E-state index contributed by atoms with van der Waals surface area (Å²) >= 11 is 0. The van der Waals surface area contributed by atoms with Gasteiger partial charge in [0, 0.05) is 6.07 Å². The standard InChI is InChI=1S/C14H18O4/c1-3-4-5-11(15)8-16-12-7-14-13(6-10(12)2)17-9-18-14/h3,6-7,11,15H,1,4-5,8-9H2,2H3/t11-/m1/s1. The molecule has 0 saturated heterocycles. The fraction of sp³-hybridized carbons (Fsp3) is 0.429. The van der Waals surface area contributed by atoms with Crippen LogP contribution in [-0.2, 0) is 0 Å². The molecule has 0 bridgehead atoms. The minimum absolute atomic E-state index is 0.250. The van der Waals surface area contributed by atoms with Crippen LogP contribution in [0.25, 0.3) is 0 Å². The highest BCUT2D eigenvalue weighted by Gasteiger charge is 2.16. The molecule has 1 aromatic carbocycles. The van der Waals surface area contributed by atoms with Crippen molar-refractivity contribution in [3.63, 3.8) is 0 Å². The zero-order chi connectivity index (χ0) is 13.0. The predicted octanol–water partition coefficient (Wildman–Crippen LogP) is 2.43. The highest BCUT2D eigenvalue weighted by atomic mass is 16.7. The summed E-state index contributed by atoms with van der Waals surface area (Å²) in [6.07, 6.45) is 2.75. The average Bonchev–Trinajstić information content (AvgIpc) is 2.80. The van der Waals surface area contributed by atoms with E-state index in [0.29, 0.717) is 12.2 Å². The Morgan fingerprint density at radius 3 is 2.89 bits per heavy atom. The molecule has 0 aliphatic carbocycles. The van der Waals surface area contributed by atoms with Crippen LogP contribution in [0, 0.1) is 6.92 Å². The molecule has 1 aliphatic heterocycles. The molecular weight excluding hydrogens is 232 g/mol. The molecule has 4 heteroatoms. The Morgan fingerprint density at radius 2 is 2.17 bits per heavy atom. The van der Waals surface area contributed by atoms with Gasteiger partial charge in [0.15, 0.2) is 11.5 Å². The summed E-state index contributed by atoms with van der Waals surface area (Å²) in [5.74, 6) is 2.15. The number of rotatable bonds is 6. The second kappa shape index (κ2) is 5.78. The van der Waals surface area contributed by atoms with Crippen LogP contribution < -0.4 is 14.2 Å². The summed E-state index contributed by atoms with van der Waals surface area (Å²) in [6.45, 7) is 6.08. The summed E-state index contributed by atoms with van der Waals surface area (Å²) in [6, 6.07) is 3.69. The van der Waals surface area contributed by atoms with Crippen LogP contribution in [0.3, 0.4) is 0 Å². The van der Waals surface area contributed by atoms with Crippen LogP contribution in [-0.4, -0.2) is 24.6 Å². The maximum atomic E-state index is 9.70. The lowest BCUT2D eigenvalue weighted by atomic mass is 10.2. The van der Waals surface area contributed by atoms with Gasteiger partial charge >= 0.3 is 0 Å². The topological polar surface area (TPSA) is 47.9 Å². The lowest BCUT2D eigenvalue weighted by molar-refractivity contribution is 0.100. The summed E-state index contributed by atoms with van der Waals surface area (Å²) in [4.78, 5) is 0. The van der Waals surface area contributed by atoms with E-state index < -0.39 is 6.10 Å². The zero-order valence-electron chi connectivity index (χ0n) is 10.5. The number of ether oxygens (including phenoxy) is 3. The number of hydrogen-bond donors (Lipinski definition) is 1. The van der Waals surface area contributed by atoms with E-state index in [1.165, 1.54) is 0 Å². The van der Waals surface area contributed by atoms with E-state index in [1.54, 1.807) is 12.1 Å². The third kappa shape index (κ3) is 2.96. The highest BCUT2D eigenvalue weighted by molar-refractivity contribution is 5.51. The van der Waals surface area contributed by atoms with E-state index >= 15 is 0 Å². The van der Waals surface area contributed by atoms with Gasteiger partial charge in [-0.1, -0.05) is 6.08 Å². The van der Waals surface area contributed by atoms with E-state index in [9.17, 15) is 5.11 Å². The third-order valence-corrected chi connectivity index (χ3v) is 2.81. The molecule has 0 fully saturated rings. The Hall–Kier alpha value is -1.68. The Labute approximate surface area is 107 Å². The number of allylic oxidation sites excluding steroid dienone is 1. The van der Waals surface area contributed by atoms with Gasteiger partial charge < -0.3 is 19.3 Å². The Balaban J connectivity index is 1.95. The van der Waals surface area contributed by atoms with Gasteiger partial charge in [0.1, 0.15) is 12.4 Å². The van der Waals surface area contributed by atoms with Crippen molar-refractivity contribution in [3.8, 4) is 17.2 Å². The molecule has 18 heavy (non-hydrogen) atoms. The van der Waals surface area contributed by atoms with E-state index in [1.807, 2.05) is 13.0 Å². The van der Waals surface area contributed by atoms with Crippen LogP contribution in [0.4, 0.5) is 0 Å². The van der Waals surface area contributed by atoms with Crippen LogP contribution >= 0.6 is 0 Å². The molecule has 0 amide bonds. The van der Waals surface area contributed by atoms with Crippen molar-refractivity contribution in [2.45, 2.75) is 25.9 Å². The third-order valence-electron chi connectivity index (χ3n) is 2.81. The molecule has 0 radical (unpaired) electrons. The second-order valence-electron chi connectivity index (χ2n) is 4.30. The van der Waals surface area contributed by atoms with Crippen molar-refractivity contribution in [1.29, 1.82) is 0 Å². The Morgan fingerprint density at radius 1 is 1.44 bits per heavy atom. The summed E-state index contributed by atoms with van der Waals surface area (Å²) in [5.41, 5.74) is 0.968. The number of aliphatic hydroxyl groups is 1. The van der Waals surface area contributed by atoms with Gasteiger partial charge in [0.25, 0.3) is 0 Å². The van der Waals surface area contributed by atoms with E-state index in [4.69, 9.17) is 14.2 Å². The molecule has 4 nitrogen and oxygen atoms in total.